The molecule has 3 aromatic rings. The highest BCUT2D eigenvalue weighted by atomic mass is 32.2. The highest BCUT2D eigenvalue weighted by molar-refractivity contribution is 7.99. The first-order valence-electron chi connectivity index (χ1n) is 8.34. The van der Waals surface area contributed by atoms with Gasteiger partial charge in [0.05, 0.1) is 11.3 Å². The summed E-state index contributed by atoms with van der Waals surface area (Å²) in [4.78, 5) is 26.3. The van der Waals surface area contributed by atoms with Gasteiger partial charge in [-0.15, -0.1) is 0 Å². The van der Waals surface area contributed by atoms with Gasteiger partial charge in [-0.25, -0.2) is 4.39 Å². The van der Waals surface area contributed by atoms with E-state index in [0.717, 1.165) is 4.90 Å². The van der Waals surface area contributed by atoms with Gasteiger partial charge in [-0.1, -0.05) is 48.2 Å². The Balaban J connectivity index is 1.70. The quantitative estimate of drug-likeness (QED) is 0.641. The fourth-order valence-electron chi connectivity index (χ4n) is 2.95. The van der Waals surface area contributed by atoms with Crippen LogP contribution in [0, 0.1) is 0 Å². The highest BCUT2D eigenvalue weighted by Crippen LogP contribution is 2.41. The molecule has 1 heterocycles. The maximum atomic E-state index is 14.5. The summed E-state index contributed by atoms with van der Waals surface area (Å²) in [5.74, 6) is -0.882. The fourth-order valence-corrected chi connectivity index (χ4v) is 3.95. The van der Waals surface area contributed by atoms with E-state index in [-0.39, 0.29) is 17.0 Å². The summed E-state index contributed by atoms with van der Waals surface area (Å²) < 4.78 is 14.5. The number of halogens is 1. The summed E-state index contributed by atoms with van der Waals surface area (Å²) in [5.41, 5.74) is 1.20. The van der Waals surface area contributed by atoms with E-state index in [9.17, 15) is 14.0 Å². The molecule has 3 aromatic carbocycles. The fraction of sp³-hybridized carbons (Fsp3) is 0.0476. The monoisotopic (exact) mass is 378 g/mol. The van der Waals surface area contributed by atoms with Crippen molar-refractivity contribution in [2.45, 2.75) is 16.1 Å². The molecular weight excluding hydrogens is 363 g/mol. The molecule has 0 radical (unpaired) electrons. The van der Waals surface area contributed by atoms with E-state index < -0.39 is 12.2 Å². The summed E-state index contributed by atoms with van der Waals surface area (Å²) in [7, 11) is 0. The lowest BCUT2D eigenvalue weighted by Crippen LogP contribution is -2.18. The molecule has 1 aliphatic heterocycles. The number of nitrogens with one attached hydrogen (secondary N) is 2. The van der Waals surface area contributed by atoms with Gasteiger partial charge in [-0.05, 0) is 36.4 Å². The summed E-state index contributed by atoms with van der Waals surface area (Å²) in [5, 5.41) is 5.02. The molecule has 0 saturated heterocycles. The lowest BCUT2D eigenvalue weighted by molar-refractivity contribution is 0.0928. The maximum absolute atomic E-state index is 14.5. The molecule has 4 rings (SSSR count). The average molecular weight is 378 g/mol. The Morgan fingerprint density at radius 3 is 2.33 bits per heavy atom. The van der Waals surface area contributed by atoms with Crippen molar-refractivity contribution in [2.24, 2.45) is 0 Å². The van der Waals surface area contributed by atoms with Crippen LogP contribution in [0.15, 0.2) is 82.6 Å². The van der Waals surface area contributed by atoms with Gasteiger partial charge >= 0.3 is 0 Å². The van der Waals surface area contributed by atoms with Crippen LogP contribution in [0.2, 0.25) is 0 Å². The molecule has 0 bridgehead atoms. The van der Waals surface area contributed by atoms with Crippen molar-refractivity contribution in [3.8, 4) is 0 Å². The molecule has 27 heavy (non-hydrogen) atoms. The zero-order chi connectivity index (χ0) is 18.8. The average Bonchev–Trinajstić information content (AvgIpc) is 3.00. The number of carbonyl (C=O) groups is 2. The third kappa shape index (κ3) is 3.44. The number of benzene rings is 3. The number of fused-ring (bicyclic) bond motifs is 1. The van der Waals surface area contributed by atoms with Crippen molar-refractivity contribution in [3.05, 3.63) is 89.5 Å². The van der Waals surface area contributed by atoms with Crippen molar-refractivity contribution >= 4 is 29.3 Å². The predicted octanol–water partition coefficient (Wildman–Crippen LogP) is 4.80. The lowest BCUT2D eigenvalue weighted by Gasteiger charge is -2.13. The van der Waals surface area contributed by atoms with E-state index >= 15 is 0 Å². The normalized spacial score (nSPS) is 15.1. The zero-order valence-electron chi connectivity index (χ0n) is 14.1. The van der Waals surface area contributed by atoms with Crippen LogP contribution in [-0.2, 0) is 0 Å². The Morgan fingerprint density at radius 1 is 0.963 bits per heavy atom. The van der Waals surface area contributed by atoms with Crippen LogP contribution in [0.4, 0.5) is 10.1 Å². The second-order valence-corrected chi connectivity index (χ2v) is 7.09. The number of amides is 2. The first-order chi connectivity index (χ1) is 13.1. The van der Waals surface area contributed by atoms with Gasteiger partial charge in [0.25, 0.3) is 11.8 Å². The Kier molecular flexibility index (Phi) is 4.64. The first-order valence-corrected chi connectivity index (χ1v) is 9.16. The smallest absolute Gasteiger partial charge is 0.256 e. The van der Waals surface area contributed by atoms with Gasteiger partial charge in [0.15, 0.2) is 6.30 Å². The van der Waals surface area contributed by atoms with Crippen LogP contribution < -0.4 is 10.6 Å². The lowest BCUT2D eigenvalue weighted by atomic mass is 10.1. The van der Waals surface area contributed by atoms with Gasteiger partial charge in [0, 0.05) is 20.9 Å². The topological polar surface area (TPSA) is 58.2 Å². The van der Waals surface area contributed by atoms with Crippen molar-refractivity contribution in [2.75, 3.05) is 5.32 Å². The minimum absolute atomic E-state index is 0.174. The molecule has 0 aromatic heterocycles. The molecular formula is C21H15FN2O2S. The molecule has 4 nitrogen and oxygen atoms in total. The molecule has 0 spiro atoms. The standard InChI is InChI=1S/C21H15FN2O2S/c22-19-18-16(27-14-9-5-2-6-10-14)12-11-15(17(18)21(26)24-19)23-20(25)13-7-3-1-4-8-13/h1-12,19H,(H,23,25)(H,24,26). The molecule has 134 valence electrons. The third-order valence-corrected chi connectivity index (χ3v) is 5.28. The summed E-state index contributed by atoms with van der Waals surface area (Å²) >= 11 is 1.38. The Labute approximate surface area is 159 Å². The molecule has 6 heteroatoms. The number of rotatable bonds is 4. The van der Waals surface area contributed by atoms with Crippen molar-refractivity contribution in [3.63, 3.8) is 0 Å². The first kappa shape index (κ1) is 17.3. The van der Waals surface area contributed by atoms with Crippen molar-refractivity contribution in [1.29, 1.82) is 0 Å². The van der Waals surface area contributed by atoms with Crippen molar-refractivity contribution in [1.82, 2.24) is 5.32 Å². The molecule has 2 amide bonds. The van der Waals surface area contributed by atoms with E-state index in [4.69, 9.17) is 0 Å². The van der Waals surface area contributed by atoms with E-state index in [1.54, 1.807) is 36.4 Å². The number of anilines is 1. The molecule has 1 unspecified atom stereocenters. The number of alkyl halides is 1. The Bertz CT molecular complexity index is 1010. The van der Waals surface area contributed by atoms with E-state index in [1.165, 1.54) is 11.8 Å². The van der Waals surface area contributed by atoms with Gasteiger partial charge in [-0.3, -0.25) is 9.59 Å². The van der Waals surface area contributed by atoms with Gasteiger partial charge in [0.1, 0.15) is 0 Å². The molecule has 1 atom stereocenters. The third-order valence-electron chi connectivity index (χ3n) is 4.20. The SMILES string of the molecule is O=C(Nc1ccc(Sc2ccccc2)c2c1C(=O)NC2F)c1ccccc1. The van der Waals surface area contributed by atoms with Crippen LogP contribution in [0.5, 0.6) is 0 Å². The second kappa shape index (κ2) is 7.25. The second-order valence-electron chi connectivity index (χ2n) is 5.97. The van der Waals surface area contributed by atoms with E-state index in [1.807, 2.05) is 36.4 Å². The van der Waals surface area contributed by atoms with E-state index in [2.05, 4.69) is 10.6 Å². The van der Waals surface area contributed by atoms with Crippen LogP contribution in [0.3, 0.4) is 0 Å². The Hall–Kier alpha value is -3.12. The number of carbonyl (C=O) groups excluding carboxylic acids is 2. The molecule has 2 N–H and O–H groups in total. The van der Waals surface area contributed by atoms with Gasteiger partial charge in [0.2, 0.25) is 0 Å². The zero-order valence-corrected chi connectivity index (χ0v) is 14.9. The minimum Gasteiger partial charge on any atom is -0.321 e. The summed E-state index contributed by atoms with van der Waals surface area (Å²) in [6, 6.07) is 21.6. The predicted molar refractivity (Wildman–Crippen MR) is 103 cm³/mol. The molecule has 0 aliphatic carbocycles. The highest BCUT2D eigenvalue weighted by Gasteiger charge is 2.34. The largest absolute Gasteiger partial charge is 0.321 e. The number of hydrogen-bond acceptors (Lipinski definition) is 3. The van der Waals surface area contributed by atoms with Crippen LogP contribution in [0.25, 0.3) is 0 Å². The summed E-state index contributed by atoms with van der Waals surface area (Å²) in [6.45, 7) is 0. The Morgan fingerprint density at radius 2 is 1.63 bits per heavy atom. The van der Waals surface area contributed by atoms with Gasteiger partial charge < -0.3 is 10.6 Å². The van der Waals surface area contributed by atoms with Crippen molar-refractivity contribution < 1.29 is 14.0 Å². The van der Waals surface area contributed by atoms with Gasteiger partial charge in [-0.2, -0.15) is 0 Å². The minimum atomic E-state index is -1.60. The molecule has 1 aliphatic rings. The van der Waals surface area contributed by atoms with Crippen LogP contribution in [0.1, 0.15) is 32.6 Å². The van der Waals surface area contributed by atoms with E-state index in [0.29, 0.717) is 16.1 Å². The van der Waals surface area contributed by atoms with Crippen LogP contribution >= 0.6 is 11.8 Å². The summed E-state index contributed by atoms with van der Waals surface area (Å²) in [6.07, 6.45) is -1.60. The maximum Gasteiger partial charge on any atom is 0.256 e. The number of hydrogen-bond donors (Lipinski definition) is 2. The van der Waals surface area contributed by atoms with Crippen LogP contribution in [-0.4, -0.2) is 11.8 Å². The molecule has 0 fully saturated rings. The molecule has 0 saturated carbocycles.